The third-order valence-corrected chi connectivity index (χ3v) is 5.83. The quantitative estimate of drug-likeness (QED) is 0.776. The molecule has 0 amide bonds. The van der Waals surface area contributed by atoms with Gasteiger partial charge in [0.05, 0.1) is 5.56 Å². The lowest BCUT2D eigenvalue weighted by molar-refractivity contribution is 0.0697. The molecule has 1 N–H and O–H groups in total. The van der Waals surface area contributed by atoms with Gasteiger partial charge in [-0.25, -0.2) is 4.79 Å². The highest BCUT2D eigenvalue weighted by molar-refractivity contribution is 7.99. The van der Waals surface area contributed by atoms with E-state index >= 15 is 0 Å². The lowest BCUT2D eigenvalue weighted by Gasteiger charge is -2.18. The normalized spacial score (nSPS) is 16.2. The molecule has 0 unspecified atom stereocenters. The summed E-state index contributed by atoms with van der Waals surface area (Å²) in [7, 11) is 0. The fourth-order valence-corrected chi connectivity index (χ4v) is 4.15. The smallest absolute Gasteiger partial charge is 0.335 e. The van der Waals surface area contributed by atoms with Crippen molar-refractivity contribution in [1.29, 1.82) is 0 Å². The molecule has 1 heterocycles. The lowest BCUT2D eigenvalue weighted by Crippen LogP contribution is -2.15. The number of carboxylic acid groups (broad SMARTS) is 1. The average Bonchev–Trinajstić information content (AvgIpc) is 2.83. The fourth-order valence-electron chi connectivity index (χ4n) is 2.82. The summed E-state index contributed by atoms with van der Waals surface area (Å²) in [5.74, 6) is 0.237. The van der Waals surface area contributed by atoms with E-state index in [-0.39, 0.29) is 5.41 Å². The monoisotopic (exact) mass is 324 g/mol. The van der Waals surface area contributed by atoms with Crippen molar-refractivity contribution in [3.05, 3.63) is 64.7 Å². The molecule has 0 fully saturated rings. The lowest BCUT2D eigenvalue weighted by atomic mass is 9.85. The summed E-state index contributed by atoms with van der Waals surface area (Å²) >= 11 is 1.93. The molecule has 0 spiro atoms. The Bertz CT molecular complexity index is 786. The molecule has 0 aromatic heterocycles. The molecular formula is C20H20O2S. The van der Waals surface area contributed by atoms with Crippen molar-refractivity contribution in [2.24, 2.45) is 0 Å². The first kappa shape index (κ1) is 15.9. The first-order chi connectivity index (χ1) is 10.9. The van der Waals surface area contributed by atoms with Crippen molar-refractivity contribution in [1.82, 2.24) is 0 Å². The van der Waals surface area contributed by atoms with Gasteiger partial charge in [-0.05, 0) is 53.5 Å². The van der Waals surface area contributed by atoms with Crippen LogP contribution in [0.25, 0.3) is 11.6 Å². The van der Waals surface area contributed by atoms with E-state index in [0.717, 1.165) is 11.3 Å². The Balaban J connectivity index is 1.91. The van der Waals surface area contributed by atoms with Crippen LogP contribution in [0.4, 0.5) is 0 Å². The van der Waals surface area contributed by atoms with Crippen LogP contribution in [0, 0.1) is 0 Å². The second-order valence-electron chi connectivity index (χ2n) is 6.64. The first-order valence-corrected chi connectivity index (χ1v) is 8.65. The van der Waals surface area contributed by atoms with Gasteiger partial charge in [-0.15, -0.1) is 11.8 Å². The third kappa shape index (κ3) is 3.20. The highest BCUT2D eigenvalue weighted by Crippen LogP contribution is 2.44. The van der Waals surface area contributed by atoms with E-state index in [2.05, 4.69) is 45.0 Å². The minimum Gasteiger partial charge on any atom is -0.478 e. The molecule has 2 nitrogen and oxygen atoms in total. The van der Waals surface area contributed by atoms with Crippen LogP contribution in [0.1, 0.15) is 47.8 Å². The molecule has 118 valence electrons. The van der Waals surface area contributed by atoms with Crippen molar-refractivity contribution >= 4 is 29.4 Å². The molecule has 0 atom stereocenters. The number of carboxylic acids is 1. The number of aromatic carboxylic acids is 1. The molecule has 0 radical (unpaired) electrons. The predicted molar refractivity (Wildman–Crippen MR) is 97.1 cm³/mol. The molecule has 3 heteroatoms. The maximum atomic E-state index is 10.9. The molecule has 2 aromatic rings. The standard InChI is InChI=1S/C20H20O2S/c1-13(10-14-4-6-15(7-5-14)19(21)22)16-8-9-18-17(11-16)20(2,3)12-23-18/h4-11H,12H2,1-3H3,(H,21,22)/b13-10-. The first-order valence-electron chi connectivity index (χ1n) is 7.66. The van der Waals surface area contributed by atoms with Gasteiger partial charge in [-0.3, -0.25) is 0 Å². The molecule has 0 bridgehead atoms. The van der Waals surface area contributed by atoms with E-state index in [9.17, 15) is 4.79 Å². The highest BCUT2D eigenvalue weighted by atomic mass is 32.2. The molecular weight excluding hydrogens is 304 g/mol. The molecule has 2 aromatic carbocycles. The Morgan fingerprint density at radius 3 is 2.43 bits per heavy atom. The zero-order valence-corrected chi connectivity index (χ0v) is 14.4. The number of benzene rings is 2. The van der Waals surface area contributed by atoms with Crippen LogP contribution in [0.3, 0.4) is 0 Å². The number of fused-ring (bicyclic) bond motifs is 1. The van der Waals surface area contributed by atoms with Gasteiger partial charge in [0.15, 0.2) is 0 Å². The SMILES string of the molecule is C/C(=C/c1ccc(C(=O)O)cc1)c1ccc2c(c1)C(C)(C)CS2. The molecule has 0 aliphatic carbocycles. The number of thioether (sulfide) groups is 1. The van der Waals surface area contributed by atoms with Gasteiger partial charge < -0.3 is 5.11 Å². The van der Waals surface area contributed by atoms with Crippen LogP contribution < -0.4 is 0 Å². The van der Waals surface area contributed by atoms with Crippen LogP contribution in [0.5, 0.6) is 0 Å². The topological polar surface area (TPSA) is 37.3 Å². The molecule has 1 aliphatic heterocycles. The third-order valence-electron chi connectivity index (χ3n) is 4.29. The number of rotatable bonds is 3. The van der Waals surface area contributed by atoms with Crippen LogP contribution in [-0.4, -0.2) is 16.8 Å². The van der Waals surface area contributed by atoms with Crippen LogP contribution in [0.15, 0.2) is 47.4 Å². The van der Waals surface area contributed by atoms with E-state index in [1.54, 1.807) is 12.1 Å². The van der Waals surface area contributed by atoms with Crippen molar-refractivity contribution in [3.8, 4) is 0 Å². The number of hydrogen-bond donors (Lipinski definition) is 1. The summed E-state index contributed by atoms with van der Waals surface area (Å²) in [6, 6.07) is 13.7. The number of allylic oxidation sites excluding steroid dienone is 1. The fraction of sp³-hybridized carbons (Fsp3) is 0.250. The van der Waals surface area contributed by atoms with Gasteiger partial charge in [0.25, 0.3) is 0 Å². The number of carbonyl (C=O) groups is 1. The molecule has 0 saturated heterocycles. The van der Waals surface area contributed by atoms with Gasteiger partial charge in [-0.1, -0.05) is 38.1 Å². The summed E-state index contributed by atoms with van der Waals surface area (Å²) in [6.45, 7) is 6.68. The maximum absolute atomic E-state index is 10.9. The Morgan fingerprint density at radius 2 is 1.78 bits per heavy atom. The molecule has 1 aliphatic rings. The minimum absolute atomic E-state index is 0.222. The van der Waals surface area contributed by atoms with Crippen molar-refractivity contribution < 1.29 is 9.90 Å². The zero-order chi connectivity index (χ0) is 16.6. The summed E-state index contributed by atoms with van der Waals surface area (Å²) in [6.07, 6.45) is 2.10. The summed E-state index contributed by atoms with van der Waals surface area (Å²) in [4.78, 5) is 12.3. The summed E-state index contributed by atoms with van der Waals surface area (Å²) in [5.41, 5.74) is 5.39. The van der Waals surface area contributed by atoms with Crippen molar-refractivity contribution in [2.45, 2.75) is 31.1 Å². The van der Waals surface area contributed by atoms with E-state index in [4.69, 9.17) is 5.11 Å². The second-order valence-corrected chi connectivity index (χ2v) is 7.66. The van der Waals surface area contributed by atoms with Gasteiger partial charge in [0.1, 0.15) is 0 Å². The Kier molecular flexibility index (Phi) is 4.07. The van der Waals surface area contributed by atoms with E-state index in [0.29, 0.717) is 5.56 Å². The van der Waals surface area contributed by atoms with Crippen LogP contribution >= 0.6 is 11.8 Å². The average molecular weight is 324 g/mol. The van der Waals surface area contributed by atoms with E-state index in [1.807, 2.05) is 23.9 Å². The van der Waals surface area contributed by atoms with Crippen molar-refractivity contribution in [2.75, 3.05) is 5.75 Å². The van der Waals surface area contributed by atoms with E-state index < -0.39 is 5.97 Å². The Morgan fingerprint density at radius 1 is 1.13 bits per heavy atom. The van der Waals surface area contributed by atoms with Gasteiger partial charge >= 0.3 is 5.97 Å². The zero-order valence-electron chi connectivity index (χ0n) is 13.6. The highest BCUT2D eigenvalue weighted by Gasteiger charge is 2.30. The van der Waals surface area contributed by atoms with Gasteiger partial charge in [0.2, 0.25) is 0 Å². The Labute approximate surface area is 141 Å². The molecule has 23 heavy (non-hydrogen) atoms. The Hall–Kier alpha value is -2.00. The molecule has 3 rings (SSSR count). The minimum atomic E-state index is -0.893. The van der Waals surface area contributed by atoms with Crippen LogP contribution in [0.2, 0.25) is 0 Å². The maximum Gasteiger partial charge on any atom is 0.335 e. The predicted octanol–water partition coefficient (Wildman–Crippen LogP) is 5.33. The van der Waals surface area contributed by atoms with Gasteiger partial charge in [-0.2, -0.15) is 0 Å². The second kappa shape index (κ2) is 5.89. The summed E-state index contributed by atoms with van der Waals surface area (Å²) < 4.78 is 0. The van der Waals surface area contributed by atoms with Gasteiger partial charge in [0, 0.05) is 16.1 Å². The van der Waals surface area contributed by atoms with Crippen LogP contribution in [-0.2, 0) is 5.41 Å². The largest absolute Gasteiger partial charge is 0.478 e. The molecule has 0 saturated carbocycles. The van der Waals surface area contributed by atoms with Crippen molar-refractivity contribution in [3.63, 3.8) is 0 Å². The number of hydrogen-bond acceptors (Lipinski definition) is 2. The van der Waals surface area contributed by atoms with E-state index in [1.165, 1.54) is 21.6 Å². The summed E-state index contributed by atoms with van der Waals surface area (Å²) in [5, 5.41) is 8.96.